The fraction of sp³-hybridized carbons (Fsp3) is 0.364. The molecule has 3 amide bonds. The largest absolute Gasteiger partial charge is 0.462 e. The summed E-state index contributed by atoms with van der Waals surface area (Å²) in [6, 6.07) is 8.92. The Morgan fingerprint density at radius 2 is 1.74 bits per heavy atom. The Morgan fingerprint density at radius 1 is 1.03 bits per heavy atom. The standard InChI is InChI=1S/C22H27N3O6/c1-3-30-22(29)17-14(2)31-21(18(17)19(23)27)25-16(26)12-8-5-9-13-24-20(28)15-10-6-4-7-11-15/h4,6-7,10-11H,3,5,8-9,12-13H2,1-2H3,(H2,23,27)(H,24,28)(H,25,26). The molecule has 0 aliphatic heterocycles. The number of esters is 1. The highest BCUT2D eigenvalue weighted by Crippen LogP contribution is 2.27. The van der Waals surface area contributed by atoms with Crippen LogP contribution in [0, 0.1) is 6.92 Å². The van der Waals surface area contributed by atoms with Crippen molar-refractivity contribution in [2.75, 3.05) is 18.5 Å². The van der Waals surface area contributed by atoms with Gasteiger partial charge in [0.2, 0.25) is 11.8 Å². The number of carbonyl (C=O) groups excluding carboxylic acids is 4. The van der Waals surface area contributed by atoms with E-state index in [-0.39, 0.29) is 47.6 Å². The number of nitrogens with one attached hydrogen (secondary N) is 2. The summed E-state index contributed by atoms with van der Waals surface area (Å²) >= 11 is 0. The molecule has 0 saturated heterocycles. The Hall–Kier alpha value is -3.62. The second kappa shape index (κ2) is 11.5. The van der Waals surface area contributed by atoms with Gasteiger partial charge in [-0.3, -0.25) is 19.7 Å². The third-order valence-corrected chi connectivity index (χ3v) is 4.47. The molecule has 0 unspecified atom stereocenters. The van der Waals surface area contributed by atoms with Crippen molar-refractivity contribution in [1.29, 1.82) is 0 Å². The third-order valence-electron chi connectivity index (χ3n) is 4.47. The maximum absolute atomic E-state index is 12.2. The number of rotatable bonds is 11. The minimum atomic E-state index is -0.899. The summed E-state index contributed by atoms with van der Waals surface area (Å²) in [5, 5.41) is 5.32. The number of unbranched alkanes of at least 4 members (excludes halogenated alkanes) is 2. The number of hydrogen-bond donors (Lipinski definition) is 3. The monoisotopic (exact) mass is 429 g/mol. The van der Waals surface area contributed by atoms with Gasteiger partial charge in [0.15, 0.2) is 0 Å². The van der Waals surface area contributed by atoms with Crippen LogP contribution in [0.5, 0.6) is 0 Å². The zero-order chi connectivity index (χ0) is 22.8. The molecule has 166 valence electrons. The summed E-state index contributed by atoms with van der Waals surface area (Å²) in [4.78, 5) is 48.0. The van der Waals surface area contributed by atoms with Crippen molar-refractivity contribution < 1.29 is 28.3 Å². The van der Waals surface area contributed by atoms with E-state index in [2.05, 4.69) is 10.6 Å². The summed E-state index contributed by atoms with van der Waals surface area (Å²) in [6.45, 7) is 3.74. The van der Waals surface area contributed by atoms with E-state index in [0.717, 1.165) is 6.42 Å². The van der Waals surface area contributed by atoms with E-state index < -0.39 is 11.9 Å². The first kappa shape index (κ1) is 23.7. The van der Waals surface area contributed by atoms with Crippen LogP contribution in [0.4, 0.5) is 5.88 Å². The Morgan fingerprint density at radius 3 is 2.39 bits per heavy atom. The molecular weight excluding hydrogens is 402 g/mol. The predicted molar refractivity (Wildman–Crippen MR) is 114 cm³/mol. The lowest BCUT2D eigenvalue weighted by Crippen LogP contribution is -2.24. The summed E-state index contributed by atoms with van der Waals surface area (Å²) in [5.41, 5.74) is 5.68. The average Bonchev–Trinajstić information content (AvgIpc) is 3.07. The number of amides is 3. The van der Waals surface area contributed by atoms with Gasteiger partial charge in [-0.1, -0.05) is 24.6 Å². The van der Waals surface area contributed by atoms with Crippen LogP contribution in [0.25, 0.3) is 0 Å². The molecule has 1 heterocycles. The molecule has 2 rings (SSSR count). The second-order valence-electron chi connectivity index (χ2n) is 6.80. The molecule has 1 aromatic carbocycles. The van der Waals surface area contributed by atoms with Gasteiger partial charge >= 0.3 is 5.97 Å². The van der Waals surface area contributed by atoms with Gasteiger partial charge in [-0.25, -0.2) is 4.79 Å². The zero-order valence-electron chi connectivity index (χ0n) is 17.7. The number of ether oxygens (including phenoxy) is 1. The lowest BCUT2D eigenvalue weighted by Gasteiger charge is -2.06. The van der Waals surface area contributed by atoms with Crippen molar-refractivity contribution in [2.45, 2.75) is 39.5 Å². The van der Waals surface area contributed by atoms with Gasteiger partial charge in [-0.05, 0) is 38.8 Å². The van der Waals surface area contributed by atoms with Crippen LogP contribution in [0.15, 0.2) is 34.7 Å². The molecule has 0 aliphatic carbocycles. The van der Waals surface area contributed by atoms with Crippen LogP contribution in [0.2, 0.25) is 0 Å². The Bertz CT molecular complexity index is 936. The van der Waals surface area contributed by atoms with Gasteiger partial charge in [-0.2, -0.15) is 0 Å². The highest BCUT2D eigenvalue weighted by Gasteiger charge is 2.28. The van der Waals surface area contributed by atoms with Gasteiger partial charge in [-0.15, -0.1) is 0 Å². The van der Waals surface area contributed by atoms with Gasteiger partial charge in [0.05, 0.1) is 6.61 Å². The van der Waals surface area contributed by atoms with E-state index in [0.29, 0.717) is 24.9 Å². The van der Waals surface area contributed by atoms with Crippen molar-refractivity contribution >= 4 is 29.6 Å². The topological polar surface area (TPSA) is 141 Å². The van der Waals surface area contributed by atoms with Crippen LogP contribution in [0.3, 0.4) is 0 Å². The quantitative estimate of drug-likeness (QED) is 0.370. The molecule has 9 heteroatoms. The minimum Gasteiger partial charge on any atom is -0.462 e. The zero-order valence-corrected chi connectivity index (χ0v) is 17.7. The number of hydrogen-bond acceptors (Lipinski definition) is 6. The molecule has 1 aromatic heterocycles. The number of carbonyl (C=O) groups is 4. The molecule has 0 fully saturated rings. The van der Waals surface area contributed by atoms with Crippen molar-refractivity contribution in [3.63, 3.8) is 0 Å². The van der Waals surface area contributed by atoms with E-state index >= 15 is 0 Å². The number of primary amides is 1. The highest BCUT2D eigenvalue weighted by molar-refractivity contribution is 6.10. The first-order valence-electron chi connectivity index (χ1n) is 10.1. The van der Waals surface area contributed by atoms with Gasteiger partial charge in [0.25, 0.3) is 11.8 Å². The molecule has 2 aromatic rings. The predicted octanol–water partition coefficient (Wildman–Crippen LogP) is 2.79. The molecule has 0 aliphatic rings. The van der Waals surface area contributed by atoms with Crippen LogP contribution in [0.1, 0.15) is 69.4 Å². The highest BCUT2D eigenvalue weighted by atomic mass is 16.5. The van der Waals surface area contributed by atoms with Crippen LogP contribution in [-0.4, -0.2) is 36.8 Å². The van der Waals surface area contributed by atoms with Gasteiger partial charge in [0, 0.05) is 18.5 Å². The van der Waals surface area contributed by atoms with Gasteiger partial charge in [0.1, 0.15) is 16.9 Å². The summed E-state index contributed by atoms with van der Waals surface area (Å²) < 4.78 is 10.3. The summed E-state index contributed by atoms with van der Waals surface area (Å²) in [6.07, 6.45) is 2.18. The Balaban J connectivity index is 1.80. The normalized spacial score (nSPS) is 10.4. The van der Waals surface area contributed by atoms with Crippen LogP contribution >= 0.6 is 0 Å². The second-order valence-corrected chi connectivity index (χ2v) is 6.80. The molecule has 0 atom stereocenters. The molecular formula is C22H27N3O6. The lowest BCUT2D eigenvalue weighted by molar-refractivity contribution is -0.116. The Kier molecular flexibility index (Phi) is 8.80. The number of aryl methyl sites for hydroxylation is 1. The first-order chi connectivity index (χ1) is 14.8. The minimum absolute atomic E-state index is 0.0844. The van der Waals surface area contributed by atoms with Crippen molar-refractivity contribution in [2.24, 2.45) is 5.73 Å². The molecule has 9 nitrogen and oxygen atoms in total. The number of nitrogens with two attached hydrogens (primary N) is 1. The molecule has 0 bridgehead atoms. The van der Waals surface area contributed by atoms with E-state index in [1.165, 1.54) is 6.92 Å². The molecule has 31 heavy (non-hydrogen) atoms. The molecule has 4 N–H and O–H groups in total. The SMILES string of the molecule is CCOC(=O)c1c(C)oc(NC(=O)CCCCCNC(=O)c2ccccc2)c1C(N)=O. The molecule has 0 radical (unpaired) electrons. The maximum Gasteiger partial charge on any atom is 0.342 e. The maximum atomic E-state index is 12.2. The van der Waals surface area contributed by atoms with E-state index in [4.69, 9.17) is 14.9 Å². The Labute approximate surface area is 180 Å². The van der Waals surface area contributed by atoms with Crippen molar-refractivity contribution in [3.05, 3.63) is 52.8 Å². The van der Waals surface area contributed by atoms with E-state index in [9.17, 15) is 19.2 Å². The molecule has 0 saturated carbocycles. The van der Waals surface area contributed by atoms with Crippen LogP contribution in [-0.2, 0) is 9.53 Å². The summed E-state index contributed by atoms with van der Waals surface area (Å²) in [5.74, 6) is -2.17. The lowest BCUT2D eigenvalue weighted by atomic mass is 10.1. The summed E-state index contributed by atoms with van der Waals surface area (Å²) in [7, 11) is 0. The van der Waals surface area contributed by atoms with Crippen molar-refractivity contribution in [1.82, 2.24) is 5.32 Å². The van der Waals surface area contributed by atoms with Crippen LogP contribution < -0.4 is 16.4 Å². The number of anilines is 1. The van der Waals surface area contributed by atoms with Crippen molar-refractivity contribution in [3.8, 4) is 0 Å². The van der Waals surface area contributed by atoms with E-state index in [1.807, 2.05) is 6.07 Å². The van der Waals surface area contributed by atoms with E-state index in [1.54, 1.807) is 31.2 Å². The fourth-order valence-corrected chi connectivity index (χ4v) is 2.99. The number of benzene rings is 1. The van der Waals surface area contributed by atoms with Gasteiger partial charge < -0.3 is 20.2 Å². The smallest absolute Gasteiger partial charge is 0.342 e. The molecule has 0 spiro atoms. The first-order valence-corrected chi connectivity index (χ1v) is 10.1. The average molecular weight is 429 g/mol. The fourth-order valence-electron chi connectivity index (χ4n) is 2.99. The number of furan rings is 1. The third kappa shape index (κ3) is 6.70.